The number of hydrogen-bond acceptors (Lipinski definition) is 5. The molecule has 1 unspecified atom stereocenters. The van der Waals surface area contributed by atoms with E-state index in [1.807, 2.05) is 7.05 Å². The lowest BCUT2D eigenvalue weighted by molar-refractivity contribution is 0.0774. The molecule has 1 atom stereocenters. The third kappa shape index (κ3) is 3.70. The second-order valence-electron chi connectivity index (χ2n) is 6.11. The highest BCUT2D eigenvalue weighted by Gasteiger charge is 2.26. The monoisotopic (exact) mass is 296 g/mol. The molecule has 1 aliphatic rings. The van der Waals surface area contributed by atoms with Gasteiger partial charge in [-0.2, -0.15) is 4.37 Å². The summed E-state index contributed by atoms with van der Waals surface area (Å²) in [5, 5.41) is 1.73. The zero-order valence-corrected chi connectivity index (χ0v) is 13.3. The van der Waals surface area contributed by atoms with Crippen LogP contribution in [-0.2, 0) is 0 Å². The zero-order valence-electron chi connectivity index (χ0n) is 12.5. The Morgan fingerprint density at radius 2 is 2.40 bits per heavy atom. The minimum Gasteiger partial charge on any atom is -0.382 e. The molecule has 0 radical (unpaired) electrons. The number of nitrogen functional groups attached to an aromatic ring is 1. The molecule has 0 spiro atoms. The zero-order chi connectivity index (χ0) is 14.7. The van der Waals surface area contributed by atoms with Gasteiger partial charge in [0.15, 0.2) is 0 Å². The Hall–Kier alpha value is -1.14. The summed E-state index contributed by atoms with van der Waals surface area (Å²) in [6.45, 7) is 8.67. The average Bonchev–Trinajstić information content (AvgIpc) is 2.97. The molecule has 2 heterocycles. The van der Waals surface area contributed by atoms with Crippen molar-refractivity contribution in [3.8, 4) is 0 Å². The summed E-state index contributed by atoms with van der Waals surface area (Å²) in [5.74, 6) is 1.60. The van der Waals surface area contributed by atoms with Crippen molar-refractivity contribution in [2.75, 3.05) is 39.0 Å². The summed E-state index contributed by atoms with van der Waals surface area (Å²) in [6, 6.07) is 0. The first-order chi connectivity index (χ1) is 9.47. The van der Waals surface area contributed by atoms with Crippen molar-refractivity contribution in [2.45, 2.75) is 20.3 Å². The number of nitrogens with two attached hydrogens (primary N) is 1. The maximum Gasteiger partial charge on any atom is 0.258 e. The van der Waals surface area contributed by atoms with E-state index in [4.69, 9.17) is 5.73 Å². The summed E-state index contributed by atoms with van der Waals surface area (Å²) in [5.41, 5.74) is 6.24. The lowest BCUT2D eigenvalue weighted by Gasteiger charge is -2.22. The van der Waals surface area contributed by atoms with Gasteiger partial charge in [0.2, 0.25) is 0 Å². The van der Waals surface area contributed by atoms with E-state index >= 15 is 0 Å². The van der Waals surface area contributed by atoms with E-state index < -0.39 is 0 Å². The topological polar surface area (TPSA) is 62.5 Å². The molecule has 6 heteroatoms. The van der Waals surface area contributed by atoms with Crippen LogP contribution in [0.1, 0.15) is 30.6 Å². The number of rotatable bonds is 5. The lowest BCUT2D eigenvalue weighted by atomic mass is 10.1. The Bertz CT molecular complexity index is 460. The van der Waals surface area contributed by atoms with E-state index in [2.05, 4.69) is 23.1 Å². The normalized spacial score (nSPS) is 19.7. The number of aromatic nitrogens is 1. The van der Waals surface area contributed by atoms with Crippen LogP contribution < -0.4 is 5.73 Å². The molecule has 1 saturated heterocycles. The Balaban J connectivity index is 1.85. The number of amides is 1. The number of likely N-dealkylation sites (tertiary alicyclic amines) is 1. The Labute approximate surface area is 124 Å². The minimum atomic E-state index is -0.0152. The molecule has 112 valence electrons. The maximum atomic E-state index is 12.3. The molecule has 0 aromatic carbocycles. The number of carbonyl (C=O) groups is 1. The van der Waals surface area contributed by atoms with E-state index in [0.717, 1.165) is 26.2 Å². The van der Waals surface area contributed by atoms with E-state index in [9.17, 15) is 4.79 Å². The molecule has 1 aromatic heterocycles. The summed E-state index contributed by atoms with van der Waals surface area (Å²) >= 11 is 1.23. The molecule has 20 heavy (non-hydrogen) atoms. The van der Waals surface area contributed by atoms with Gasteiger partial charge >= 0.3 is 0 Å². The highest BCUT2D eigenvalue weighted by atomic mass is 32.1. The van der Waals surface area contributed by atoms with Crippen molar-refractivity contribution >= 4 is 23.3 Å². The van der Waals surface area contributed by atoms with Crippen LogP contribution in [0.5, 0.6) is 0 Å². The van der Waals surface area contributed by atoms with Gasteiger partial charge in [0.05, 0.1) is 5.56 Å². The van der Waals surface area contributed by atoms with Gasteiger partial charge in [-0.05, 0) is 36.3 Å². The van der Waals surface area contributed by atoms with Gasteiger partial charge in [0.25, 0.3) is 5.91 Å². The predicted octanol–water partition coefficient (Wildman–Crippen LogP) is 1.78. The first-order valence-electron chi connectivity index (χ1n) is 7.15. The predicted molar refractivity (Wildman–Crippen MR) is 82.9 cm³/mol. The second kappa shape index (κ2) is 6.54. The van der Waals surface area contributed by atoms with Crippen LogP contribution in [0.4, 0.5) is 5.82 Å². The van der Waals surface area contributed by atoms with Gasteiger partial charge in [-0.1, -0.05) is 13.8 Å². The molecule has 1 aromatic rings. The molecule has 2 N–H and O–H groups in total. The van der Waals surface area contributed by atoms with Crippen molar-refractivity contribution in [1.29, 1.82) is 0 Å². The first-order valence-corrected chi connectivity index (χ1v) is 7.98. The van der Waals surface area contributed by atoms with Crippen LogP contribution >= 0.6 is 11.5 Å². The summed E-state index contributed by atoms with van der Waals surface area (Å²) in [7, 11) is 1.85. The van der Waals surface area contributed by atoms with Crippen LogP contribution in [0.2, 0.25) is 0 Å². The molecular formula is C14H24N4OS. The summed E-state index contributed by atoms with van der Waals surface area (Å²) in [6.07, 6.45) is 1.17. The highest BCUT2D eigenvalue weighted by molar-refractivity contribution is 7.04. The Morgan fingerprint density at radius 1 is 1.65 bits per heavy atom. The summed E-state index contributed by atoms with van der Waals surface area (Å²) in [4.78, 5) is 16.5. The molecular weight excluding hydrogens is 272 g/mol. The molecule has 5 nitrogen and oxygen atoms in total. The fourth-order valence-electron chi connectivity index (χ4n) is 2.83. The summed E-state index contributed by atoms with van der Waals surface area (Å²) < 4.78 is 3.96. The lowest BCUT2D eigenvalue weighted by Crippen LogP contribution is -2.33. The van der Waals surface area contributed by atoms with Gasteiger partial charge in [-0.3, -0.25) is 4.79 Å². The Morgan fingerprint density at radius 3 is 3.00 bits per heavy atom. The van der Waals surface area contributed by atoms with Crippen molar-refractivity contribution < 1.29 is 4.79 Å². The molecule has 0 aliphatic carbocycles. The standard InChI is InChI=1S/C14H24N4OS/c1-10(2)6-18-5-4-11(8-18)7-17(3)14(19)12-9-20-16-13(12)15/h9-11H,4-8H2,1-3H3,(H2,15,16). The number of nitrogens with zero attached hydrogens (tertiary/aromatic N) is 3. The van der Waals surface area contributed by atoms with Crippen LogP contribution in [0.3, 0.4) is 0 Å². The largest absolute Gasteiger partial charge is 0.382 e. The van der Waals surface area contributed by atoms with Crippen LogP contribution in [-0.4, -0.2) is 53.3 Å². The van der Waals surface area contributed by atoms with Crippen LogP contribution in [0.25, 0.3) is 0 Å². The third-order valence-corrected chi connectivity index (χ3v) is 4.34. The van der Waals surface area contributed by atoms with Crippen molar-refractivity contribution in [1.82, 2.24) is 14.2 Å². The molecule has 0 bridgehead atoms. The number of carbonyl (C=O) groups excluding carboxylic acids is 1. The molecule has 1 amide bonds. The van der Waals surface area contributed by atoms with Gasteiger partial charge in [-0.25, -0.2) is 0 Å². The molecule has 0 saturated carbocycles. The third-order valence-electron chi connectivity index (χ3n) is 3.70. The fourth-order valence-corrected chi connectivity index (χ4v) is 3.42. The number of anilines is 1. The molecule has 1 fully saturated rings. The van der Waals surface area contributed by atoms with Gasteiger partial charge in [-0.15, -0.1) is 0 Å². The minimum absolute atomic E-state index is 0.0152. The van der Waals surface area contributed by atoms with Crippen molar-refractivity contribution in [3.63, 3.8) is 0 Å². The quantitative estimate of drug-likeness (QED) is 0.899. The highest BCUT2D eigenvalue weighted by Crippen LogP contribution is 2.20. The SMILES string of the molecule is CC(C)CN1CCC(CN(C)C(=O)c2csnc2N)C1. The van der Waals surface area contributed by atoms with Gasteiger partial charge < -0.3 is 15.5 Å². The van der Waals surface area contributed by atoms with Gasteiger partial charge in [0.1, 0.15) is 5.82 Å². The molecule has 2 rings (SSSR count). The van der Waals surface area contributed by atoms with Crippen LogP contribution in [0, 0.1) is 11.8 Å². The first kappa shape index (κ1) is 15.3. The van der Waals surface area contributed by atoms with E-state index in [1.54, 1.807) is 10.3 Å². The van der Waals surface area contributed by atoms with Gasteiger partial charge in [0, 0.05) is 32.1 Å². The van der Waals surface area contributed by atoms with Crippen molar-refractivity contribution in [2.24, 2.45) is 11.8 Å². The van der Waals surface area contributed by atoms with E-state index in [0.29, 0.717) is 23.2 Å². The van der Waals surface area contributed by atoms with E-state index in [-0.39, 0.29) is 5.91 Å². The number of hydrogen-bond donors (Lipinski definition) is 1. The average molecular weight is 296 g/mol. The van der Waals surface area contributed by atoms with Crippen LogP contribution in [0.15, 0.2) is 5.38 Å². The fraction of sp³-hybridized carbons (Fsp3) is 0.714. The maximum absolute atomic E-state index is 12.3. The van der Waals surface area contributed by atoms with Crippen molar-refractivity contribution in [3.05, 3.63) is 10.9 Å². The van der Waals surface area contributed by atoms with E-state index in [1.165, 1.54) is 18.0 Å². The second-order valence-corrected chi connectivity index (χ2v) is 6.74. The smallest absolute Gasteiger partial charge is 0.258 e. The molecule has 1 aliphatic heterocycles. The Kier molecular flexibility index (Phi) is 4.99.